The lowest BCUT2D eigenvalue weighted by molar-refractivity contribution is 0.919. The summed E-state index contributed by atoms with van der Waals surface area (Å²) >= 11 is 12.2. The Morgan fingerprint density at radius 2 is 1.94 bits per heavy atom. The van der Waals surface area contributed by atoms with Gasteiger partial charge in [-0.2, -0.15) is 0 Å². The monoisotopic (exact) mass is 254 g/mol. The quantitative estimate of drug-likeness (QED) is 0.893. The molecule has 4 heteroatoms. The Kier molecular flexibility index (Phi) is 3.33. The molecule has 0 spiro atoms. The first-order valence-electron chi connectivity index (χ1n) is 5.08. The van der Waals surface area contributed by atoms with E-state index < -0.39 is 0 Å². The lowest BCUT2D eigenvalue weighted by Crippen LogP contribution is -2.06. The molecule has 2 rings (SSSR count). The van der Waals surface area contributed by atoms with Gasteiger partial charge < -0.3 is 5.73 Å². The Bertz CT molecular complexity index is 538. The fraction of sp³-hybridized carbons (Fsp3) is 0.250. The van der Waals surface area contributed by atoms with Gasteiger partial charge in [-0.3, -0.25) is 4.98 Å². The Labute approximate surface area is 104 Å². The molecule has 0 saturated carbocycles. The molecule has 0 aliphatic rings. The number of rotatable bonds is 2. The molecule has 1 aromatic carbocycles. The number of halogens is 2. The van der Waals surface area contributed by atoms with Gasteiger partial charge in [0.15, 0.2) is 0 Å². The van der Waals surface area contributed by atoms with E-state index in [-0.39, 0.29) is 0 Å². The predicted octanol–water partition coefficient (Wildman–Crippen LogP) is 3.35. The van der Waals surface area contributed by atoms with E-state index in [0.29, 0.717) is 16.6 Å². The minimum Gasteiger partial charge on any atom is -0.330 e. The topological polar surface area (TPSA) is 38.9 Å². The Balaban J connectivity index is 2.73. The number of hydrogen-bond acceptors (Lipinski definition) is 2. The molecule has 1 aromatic heterocycles. The Hall–Kier alpha value is -0.830. The Morgan fingerprint density at radius 1 is 1.25 bits per heavy atom. The summed E-state index contributed by atoms with van der Waals surface area (Å²) in [6, 6.07) is 5.57. The third kappa shape index (κ3) is 2.01. The number of hydrogen-bond donors (Lipinski definition) is 1. The van der Waals surface area contributed by atoms with E-state index in [1.165, 1.54) is 0 Å². The van der Waals surface area contributed by atoms with Crippen molar-refractivity contribution in [2.24, 2.45) is 5.73 Å². The van der Waals surface area contributed by atoms with Gasteiger partial charge in [-0.05, 0) is 37.2 Å². The van der Waals surface area contributed by atoms with Crippen molar-refractivity contribution in [1.82, 2.24) is 4.98 Å². The van der Waals surface area contributed by atoms with Gasteiger partial charge in [0, 0.05) is 17.5 Å². The third-order valence-corrected chi connectivity index (χ3v) is 3.19. The minimum atomic E-state index is 0.581. The van der Waals surface area contributed by atoms with Gasteiger partial charge in [0.25, 0.3) is 0 Å². The molecule has 16 heavy (non-hydrogen) atoms. The molecule has 2 nitrogen and oxygen atoms in total. The highest BCUT2D eigenvalue weighted by atomic mass is 35.5. The van der Waals surface area contributed by atoms with E-state index in [0.717, 1.165) is 28.6 Å². The zero-order valence-corrected chi connectivity index (χ0v) is 10.4. The summed E-state index contributed by atoms with van der Waals surface area (Å²) in [7, 11) is 0. The zero-order valence-electron chi connectivity index (χ0n) is 8.93. The molecule has 0 fully saturated rings. The van der Waals surface area contributed by atoms with Crippen LogP contribution in [0.2, 0.25) is 10.0 Å². The highest BCUT2D eigenvalue weighted by Gasteiger charge is 2.08. The number of aromatic nitrogens is 1. The molecule has 0 aliphatic carbocycles. The van der Waals surface area contributed by atoms with Crippen molar-refractivity contribution in [3.05, 3.63) is 39.5 Å². The molecule has 0 radical (unpaired) electrons. The molecule has 2 N–H and O–H groups in total. The molecule has 0 unspecified atom stereocenters. The van der Waals surface area contributed by atoms with Gasteiger partial charge in [0.05, 0.1) is 15.6 Å². The number of pyridine rings is 1. The second-order valence-corrected chi connectivity index (χ2v) is 4.53. The van der Waals surface area contributed by atoms with Crippen LogP contribution in [0.3, 0.4) is 0 Å². The van der Waals surface area contributed by atoms with Crippen molar-refractivity contribution in [1.29, 1.82) is 0 Å². The SMILES string of the molecule is Cc1cc2c(Cl)ccc(Cl)c2nc1CCN. The maximum atomic E-state index is 6.11. The highest BCUT2D eigenvalue weighted by Crippen LogP contribution is 2.29. The predicted molar refractivity (Wildman–Crippen MR) is 69.3 cm³/mol. The summed E-state index contributed by atoms with van der Waals surface area (Å²) in [5.41, 5.74) is 8.38. The van der Waals surface area contributed by atoms with Gasteiger partial charge >= 0.3 is 0 Å². The molecular weight excluding hydrogens is 243 g/mol. The van der Waals surface area contributed by atoms with E-state index in [1.807, 2.05) is 13.0 Å². The minimum absolute atomic E-state index is 0.581. The van der Waals surface area contributed by atoms with Crippen LogP contribution in [0.1, 0.15) is 11.3 Å². The summed E-state index contributed by atoms with van der Waals surface area (Å²) < 4.78 is 0. The van der Waals surface area contributed by atoms with Crippen LogP contribution in [0.15, 0.2) is 18.2 Å². The lowest BCUT2D eigenvalue weighted by atomic mass is 10.1. The van der Waals surface area contributed by atoms with Crippen LogP contribution in [0.25, 0.3) is 10.9 Å². The van der Waals surface area contributed by atoms with E-state index >= 15 is 0 Å². The second kappa shape index (κ2) is 4.58. The van der Waals surface area contributed by atoms with E-state index in [9.17, 15) is 0 Å². The zero-order chi connectivity index (χ0) is 11.7. The average molecular weight is 255 g/mol. The summed E-state index contributed by atoms with van der Waals surface area (Å²) in [6.45, 7) is 2.59. The second-order valence-electron chi connectivity index (χ2n) is 3.72. The first kappa shape index (κ1) is 11.6. The van der Waals surface area contributed by atoms with E-state index in [4.69, 9.17) is 28.9 Å². The van der Waals surface area contributed by atoms with Crippen molar-refractivity contribution in [3.63, 3.8) is 0 Å². The normalized spacial score (nSPS) is 11.0. The first-order chi connectivity index (χ1) is 7.63. The maximum absolute atomic E-state index is 6.11. The molecule has 84 valence electrons. The third-order valence-electron chi connectivity index (χ3n) is 2.56. The van der Waals surface area contributed by atoms with Gasteiger partial charge in [-0.15, -0.1) is 0 Å². The van der Waals surface area contributed by atoms with Crippen molar-refractivity contribution in [2.45, 2.75) is 13.3 Å². The summed E-state index contributed by atoms with van der Waals surface area (Å²) in [5.74, 6) is 0. The van der Waals surface area contributed by atoms with Crippen LogP contribution in [0, 0.1) is 6.92 Å². The van der Waals surface area contributed by atoms with Gasteiger partial charge in [0.2, 0.25) is 0 Å². The molecule has 0 saturated heterocycles. The van der Waals surface area contributed by atoms with Crippen molar-refractivity contribution in [3.8, 4) is 0 Å². The molecular formula is C12H12Cl2N2. The fourth-order valence-electron chi connectivity index (χ4n) is 1.72. The molecule has 2 aromatic rings. The molecule has 0 aliphatic heterocycles. The fourth-order valence-corrected chi connectivity index (χ4v) is 2.13. The van der Waals surface area contributed by atoms with E-state index in [1.54, 1.807) is 12.1 Å². The standard InChI is InChI=1S/C12H12Cl2N2/c1-7-6-8-9(13)2-3-10(14)12(8)16-11(7)4-5-15/h2-3,6H,4-5,15H2,1H3. The van der Waals surface area contributed by atoms with Crippen LogP contribution < -0.4 is 5.73 Å². The largest absolute Gasteiger partial charge is 0.330 e. The smallest absolute Gasteiger partial charge is 0.0906 e. The molecule has 0 bridgehead atoms. The number of aryl methyl sites for hydroxylation is 1. The van der Waals surface area contributed by atoms with Crippen LogP contribution in [-0.2, 0) is 6.42 Å². The maximum Gasteiger partial charge on any atom is 0.0906 e. The molecule has 0 atom stereocenters. The van der Waals surface area contributed by atoms with Crippen LogP contribution in [0.4, 0.5) is 0 Å². The number of fused-ring (bicyclic) bond motifs is 1. The summed E-state index contributed by atoms with van der Waals surface area (Å²) in [6.07, 6.45) is 0.755. The van der Waals surface area contributed by atoms with Crippen LogP contribution in [-0.4, -0.2) is 11.5 Å². The number of nitrogens with two attached hydrogens (primary N) is 1. The van der Waals surface area contributed by atoms with Gasteiger partial charge in [-0.1, -0.05) is 23.2 Å². The molecule has 1 heterocycles. The van der Waals surface area contributed by atoms with Crippen LogP contribution >= 0.6 is 23.2 Å². The van der Waals surface area contributed by atoms with Gasteiger partial charge in [0.1, 0.15) is 0 Å². The Morgan fingerprint density at radius 3 is 2.62 bits per heavy atom. The van der Waals surface area contributed by atoms with Crippen LogP contribution in [0.5, 0.6) is 0 Å². The van der Waals surface area contributed by atoms with E-state index in [2.05, 4.69) is 4.98 Å². The number of nitrogens with zero attached hydrogens (tertiary/aromatic N) is 1. The van der Waals surface area contributed by atoms with Crippen molar-refractivity contribution < 1.29 is 0 Å². The van der Waals surface area contributed by atoms with Gasteiger partial charge in [-0.25, -0.2) is 0 Å². The first-order valence-corrected chi connectivity index (χ1v) is 5.83. The summed E-state index contributed by atoms with van der Waals surface area (Å²) in [4.78, 5) is 4.53. The number of benzene rings is 1. The highest BCUT2D eigenvalue weighted by molar-refractivity contribution is 6.39. The van der Waals surface area contributed by atoms with Crippen molar-refractivity contribution in [2.75, 3.05) is 6.54 Å². The van der Waals surface area contributed by atoms with Crippen molar-refractivity contribution >= 4 is 34.1 Å². The average Bonchev–Trinajstić information content (AvgIpc) is 2.26. The lowest BCUT2D eigenvalue weighted by Gasteiger charge is -2.08. The summed E-state index contributed by atoms with van der Waals surface area (Å²) in [5, 5.41) is 2.19. The molecule has 0 amide bonds.